The number of nitrogens with two attached hydrogens (primary N) is 1. The summed E-state index contributed by atoms with van der Waals surface area (Å²) in [5.74, 6) is -0.311. The summed E-state index contributed by atoms with van der Waals surface area (Å²) in [5.41, 5.74) is 5.26. The summed E-state index contributed by atoms with van der Waals surface area (Å²) in [6.07, 6.45) is -0.959. The molecule has 2 rings (SSSR count). The molecule has 214 valence electrons. The fraction of sp³-hybridized carbons (Fsp3) is 0.643. The number of ether oxygens (including phenoxy) is 2. The lowest BCUT2D eigenvalue weighted by Crippen LogP contribution is -2.49. The van der Waals surface area contributed by atoms with Crippen LogP contribution in [0.1, 0.15) is 90.0 Å². The van der Waals surface area contributed by atoms with Gasteiger partial charge in [0.2, 0.25) is 0 Å². The number of rotatable bonds is 7. The number of carbonyl (C=O) groups excluding carboxylic acids is 4. The van der Waals surface area contributed by atoms with Crippen molar-refractivity contribution in [3.05, 3.63) is 35.4 Å². The van der Waals surface area contributed by atoms with E-state index in [9.17, 15) is 19.2 Å². The number of hydrogen-bond donors (Lipinski definition) is 3. The predicted octanol–water partition coefficient (Wildman–Crippen LogP) is 4.33. The molecule has 0 aromatic heterocycles. The molecule has 0 radical (unpaired) electrons. The summed E-state index contributed by atoms with van der Waals surface area (Å²) >= 11 is 0. The highest BCUT2D eigenvalue weighted by atomic mass is 16.6. The summed E-state index contributed by atoms with van der Waals surface area (Å²) < 4.78 is 10.4. The van der Waals surface area contributed by atoms with Gasteiger partial charge in [-0.05, 0) is 65.5 Å². The zero-order valence-corrected chi connectivity index (χ0v) is 24.5. The van der Waals surface area contributed by atoms with Crippen LogP contribution in [0.25, 0.3) is 0 Å². The molecule has 0 aliphatic carbocycles. The van der Waals surface area contributed by atoms with E-state index in [1.165, 1.54) is 4.90 Å². The van der Waals surface area contributed by atoms with Gasteiger partial charge in [-0.1, -0.05) is 39.8 Å². The van der Waals surface area contributed by atoms with Gasteiger partial charge in [-0.15, -0.1) is 0 Å². The molecule has 0 saturated carbocycles. The number of alkyl carbamates (subject to hydrolysis) is 2. The highest BCUT2D eigenvalue weighted by Gasteiger charge is 2.37. The Morgan fingerprint density at radius 1 is 0.789 bits per heavy atom. The first kappa shape index (κ1) is 32.9. The number of carbonyl (C=O) groups is 4. The fourth-order valence-electron chi connectivity index (χ4n) is 3.44. The Morgan fingerprint density at radius 2 is 1.16 bits per heavy atom. The van der Waals surface area contributed by atoms with Gasteiger partial charge in [0.25, 0.3) is 11.8 Å². The van der Waals surface area contributed by atoms with E-state index in [1.807, 2.05) is 48.5 Å². The van der Waals surface area contributed by atoms with Crippen molar-refractivity contribution in [2.75, 3.05) is 13.1 Å². The molecule has 0 bridgehead atoms. The van der Waals surface area contributed by atoms with E-state index in [4.69, 9.17) is 15.2 Å². The molecule has 1 aliphatic heterocycles. The minimum atomic E-state index is -0.610. The van der Waals surface area contributed by atoms with E-state index in [1.54, 1.807) is 45.0 Å². The number of nitrogens with zero attached hydrogens (tertiary/aromatic N) is 1. The van der Waals surface area contributed by atoms with Crippen LogP contribution in [0.15, 0.2) is 24.3 Å². The van der Waals surface area contributed by atoms with Gasteiger partial charge in [-0.25, -0.2) is 9.59 Å². The number of fused-ring (bicyclic) bond motifs is 1. The number of amides is 4. The van der Waals surface area contributed by atoms with Crippen molar-refractivity contribution < 1.29 is 28.7 Å². The first-order valence-corrected chi connectivity index (χ1v) is 13.0. The van der Waals surface area contributed by atoms with Gasteiger partial charge in [0.05, 0.1) is 17.2 Å². The van der Waals surface area contributed by atoms with Crippen LogP contribution in [0.5, 0.6) is 0 Å². The average Bonchev–Trinajstić information content (AvgIpc) is 2.99. The molecule has 10 heteroatoms. The summed E-state index contributed by atoms with van der Waals surface area (Å²) in [6.45, 7) is 19.2. The van der Waals surface area contributed by atoms with Crippen LogP contribution in [0.3, 0.4) is 0 Å². The third-order valence-electron chi connectivity index (χ3n) is 5.53. The van der Waals surface area contributed by atoms with Gasteiger partial charge >= 0.3 is 12.2 Å². The second-order valence-corrected chi connectivity index (χ2v) is 12.0. The van der Waals surface area contributed by atoms with Gasteiger partial charge in [0, 0.05) is 19.1 Å². The smallest absolute Gasteiger partial charge is 0.407 e. The van der Waals surface area contributed by atoms with Crippen molar-refractivity contribution in [2.45, 2.75) is 92.5 Å². The molecule has 0 saturated heterocycles. The summed E-state index contributed by atoms with van der Waals surface area (Å²) in [7, 11) is 0. The van der Waals surface area contributed by atoms with E-state index >= 15 is 0 Å². The molecule has 0 spiro atoms. The maximum atomic E-state index is 12.4. The average molecular weight is 535 g/mol. The van der Waals surface area contributed by atoms with Crippen molar-refractivity contribution >= 4 is 24.0 Å². The van der Waals surface area contributed by atoms with Crippen molar-refractivity contribution in [1.29, 1.82) is 0 Å². The molecule has 1 heterocycles. The molecule has 10 nitrogen and oxygen atoms in total. The Bertz CT molecular complexity index is 943. The normalized spacial score (nSPS) is 14.9. The van der Waals surface area contributed by atoms with Gasteiger partial charge in [-0.2, -0.15) is 0 Å². The maximum Gasteiger partial charge on any atom is 0.407 e. The van der Waals surface area contributed by atoms with Gasteiger partial charge in [-0.3, -0.25) is 14.5 Å². The Hall–Kier alpha value is -3.14. The summed E-state index contributed by atoms with van der Waals surface area (Å²) in [4.78, 5) is 49.4. The highest BCUT2D eigenvalue weighted by Crippen LogP contribution is 2.23. The number of imide groups is 1. The van der Waals surface area contributed by atoms with E-state index in [2.05, 4.69) is 10.6 Å². The molecule has 4 amide bonds. The maximum absolute atomic E-state index is 12.4. The third-order valence-corrected chi connectivity index (χ3v) is 5.53. The van der Waals surface area contributed by atoms with Crippen LogP contribution in [-0.4, -0.2) is 65.3 Å². The highest BCUT2D eigenvalue weighted by molar-refractivity contribution is 6.21. The van der Waals surface area contributed by atoms with Crippen LogP contribution in [0, 0.1) is 11.8 Å². The second-order valence-electron chi connectivity index (χ2n) is 12.0. The molecule has 1 aromatic carbocycles. The minimum Gasteiger partial charge on any atom is -0.444 e. The molecule has 0 unspecified atom stereocenters. The second kappa shape index (κ2) is 13.6. The van der Waals surface area contributed by atoms with E-state index in [0.717, 1.165) is 0 Å². The Labute approximate surface area is 227 Å². The van der Waals surface area contributed by atoms with Crippen molar-refractivity contribution in [3.8, 4) is 0 Å². The summed E-state index contributed by atoms with van der Waals surface area (Å²) in [5, 5.41) is 5.50. The van der Waals surface area contributed by atoms with Crippen LogP contribution < -0.4 is 16.4 Å². The molecule has 0 fully saturated rings. The largest absolute Gasteiger partial charge is 0.444 e. The topological polar surface area (TPSA) is 140 Å². The molecule has 4 N–H and O–H groups in total. The van der Waals surface area contributed by atoms with E-state index in [0.29, 0.717) is 23.6 Å². The lowest BCUT2D eigenvalue weighted by Gasteiger charge is -2.28. The Kier molecular flexibility index (Phi) is 11.8. The standard InChI is InChI=1S/C18H24N2O4.C10H22N2O2/c1-11(2)14(19-17(23)24-18(3,4)5)10-20-15(21)12-8-6-7-9-13(12)16(20)22;1-7(2)8(6-11)12-9(13)14-10(3,4)5/h6-9,11,14H,10H2,1-5H3,(H,19,23);7-8H,6,11H2,1-5H3,(H,12,13)/t14-;8-/m11/s1. The van der Waals surface area contributed by atoms with Crippen molar-refractivity contribution in [2.24, 2.45) is 17.6 Å². The van der Waals surface area contributed by atoms with E-state index in [-0.39, 0.29) is 36.4 Å². The lowest BCUT2D eigenvalue weighted by molar-refractivity contribution is 0.0448. The fourth-order valence-corrected chi connectivity index (χ4v) is 3.44. The first-order valence-electron chi connectivity index (χ1n) is 13.0. The zero-order valence-electron chi connectivity index (χ0n) is 24.5. The Balaban J connectivity index is 0.000000442. The minimum absolute atomic E-state index is 0.0233. The van der Waals surface area contributed by atoms with Crippen molar-refractivity contribution in [3.63, 3.8) is 0 Å². The van der Waals surface area contributed by atoms with Crippen LogP contribution in [-0.2, 0) is 9.47 Å². The van der Waals surface area contributed by atoms with Crippen molar-refractivity contribution in [1.82, 2.24) is 15.5 Å². The van der Waals surface area contributed by atoms with Crippen LogP contribution in [0.4, 0.5) is 9.59 Å². The molecular weight excluding hydrogens is 488 g/mol. The van der Waals surface area contributed by atoms with Gasteiger partial charge in [0.15, 0.2) is 0 Å². The lowest BCUT2D eigenvalue weighted by atomic mass is 10.0. The summed E-state index contributed by atoms with van der Waals surface area (Å²) in [6, 6.07) is 6.33. The predicted molar refractivity (Wildman–Crippen MR) is 147 cm³/mol. The zero-order chi connectivity index (χ0) is 29.4. The molecule has 2 atom stereocenters. The quantitative estimate of drug-likeness (QED) is 0.442. The van der Waals surface area contributed by atoms with Crippen LogP contribution >= 0.6 is 0 Å². The molecular formula is C28H46N4O6. The van der Waals surface area contributed by atoms with Crippen LogP contribution in [0.2, 0.25) is 0 Å². The Morgan fingerprint density at radius 3 is 1.47 bits per heavy atom. The molecule has 38 heavy (non-hydrogen) atoms. The molecule has 1 aliphatic rings. The number of nitrogens with one attached hydrogen (secondary N) is 2. The monoisotopic (exact) mass is 534 g/mol. The SMILES string of the molecule is CC(C)[C@@H](CN)NC(=O)OC(C)(C)C.CC(C)[C@@H](CN1C(=O)c2ccccc2C1=O)NC(=O)OC(C)(C)C. The third kappa shape index (κ3) is 10.7. The number of hydrogen-bond acceptors (Lipinski definition) is 7. The number of benzene rings is 1. The van der Waals surface area contributed by atoms with Gasteiger partial charge < -0.3 is 25.8 Å². The van der Waals surface area contributed by atoms with Gasteiger partial charge in [0.1, 0.15) is 11.2 Å². The first-order chi connectivity index (χ1) is 17.4. The van der Waals surface area contributed by atoms with E-state index < -0.39 is 23.4 Å². The molecule has 1 aromatic rings.